The molecule has 0 aliphatic rings. The molecular formula is C12H10FN5S. The van der Waals surface area contributed by atoms with Crippen LogP contribution in [0.4, 0.5) is 16.0 Å². The van der Waals surface area contributed by atoms with Gasteiger partial charge in [0.05, 0.1) is 11.6 Å². The highest BCUT2D eigenvalue weighted by molar-refractivity contribution is 7.98. The lowest BCUT2D eigenvalue weighted by Gasteiger charge is -2.04. The van der Waals surface area contributed by atoms with Gasteiger partial charge in [0, 0.05) is 11.8 Å². The fraction of sp³-hybridized carbons (Fsp3) is 0.0833. The average molecular weight is 275 g/mol. The molecule has 1 aromatic carbocycles. The number of anilines is 2. The third-order valence-electron chi connectivity index (χ3n) is 2.28. The van der Waals surface area contributed by atoms with E-state index in [1.54, 1.807) is 0 Å². The number of nitrogen functional groups attached to an aromatic ring is 2. The summed E-state index contributed by atoms with van der Waals surface area (Å²) in [4.78, 5) is 7.97. The molecule has 0 radical (unpaired) electrons. The summed E-state index contributed by atoms with van der Waals surface area (Å²) in [5.74, 6) is 0.454. The number of rotatable bonds is 3. The summed E-state index contributed by atoms with van der Waals surface area (Å²) in [5, 5.41) is 9.15. The Morgan fingerprint density at radius 1 is 1.21 bits per heavy atom. The van der Waals surface area contributed by atoms with E-state index in [0.717, 1.165) is 0 Å². The van der Waals surface area contributed by atoms with Crippen LogP contribution in [0.25, 0.3) is 0 Å². The van der Waals surface area contributed by atoms with Crippen LogP contribution in [-0.4, -0.2) is 9.97 Å². The number of thioether (sulfide) groups is 1. The fourth-order valence-corrected chi connectivity index (χ4v) is 2.27. The van der Waals surface area contributed by atoms with Gasteiger partial charge in [-0.05, 0) is 23.8 Å². The van der Waals surface area contributed by atoms with Gasteiger partial charge in [0.2, 0.25) is 0 Å². The maximum Gasteiger partial charge on any atom is 0.191 e. The molecule has 4 N–H and O–H groups in total. The maximum atomic E-state index is 13.6. The molecule has 2 rings (SSSR count). The molecule has 0 spiro atoms. The zero-order chi connectivity index (χ0) is 13.8. The molecule has 0 unspecified atom stereocenters. The van der Waals surface area contributed by atoms with Crippen LogP contribution in [0.2, 0.25) is 0 Å². The van der Waals surface area contributed by atoms with E-state index in [9.17, 15) is 4.39 Å². The first-order valence-electron chi connectivity index (χ1n) is 5.30. The molecule has 5 nitrogen and oxygen atoms in total. The van der Waals surface area contributed by atoms with Gasteiger partial charge in [-0.3, -0.25) is 0 Å². The molecule has 0 saturated heterocycles. The van der Waals surface area contributed by atoms with E-state index < -0.39 is 0 Å². The molecule has 0 bridgehead atoms. The van der Waals surface area contributed by atoms with E-state index in [0.29, 0.717) is 22.0 Å². The first-order chi connectivity index (χ1) is 9.08. The number of benzene rings is 1. The van der Waals surface area contributed by atoms with Crippen molar-refractivity contribution in [1.82, 2.24) is 9.97 Å². The lowest BCUT2D eigenvalue weighted by atomic mass is 10.1. The summed E-state index contributed by atoms with van der Waals surface area (Å²) in [7, 11) is 0. The van der Waals surface area contributed by atoms with Gasteiger partial charge in [-0.15, -0.1) is 0 Å². The number of halogens is 1. The van der Waals surface area contributed by atoms with Crippen molar-refractivity contribution in [3.8, 4) is 6.07 Å². The van der Waals surface area contributed by atoms with Crippen molar-refractivity contribution in [2.45, 2.75) is 10.9 Å². The molecule has 0 amide bonds. The first-order valence-corrected chi connectivity index (χ1v) is 6.28. The number of hydrogen-bond acceptors (Lipinski definition) is 6. The summed E-state index contributed by atoms with van der Waals surface area (Å²) in [6.07, 6.45) is 0. The Morgan fingerprint density at radius 3 is 2.53 bits per heavy atom. The standard InChI is InChI=1S/C12H10FN5S/c13-9-2-1-7(5-14)3-8(9)6-19-12-17-10(15)4-11(16)18-12/h1-4H,6H2,(H4,15,16,17,18). The number of nitriles is 1. The van der Waals surface area contributed by atoms with Gasteiger partial charge in [0.15, 0.2) is 5.16 Å². The van der Waals surface area contributed by atoms with Crippen molar-refractivity contribution in [1.29, 1.82) is 5.26 Å². The minimum Gasteiger partial charge on any atom is -0.383 e. The van der Waals surface area contributed by atoms with Crippen molar-refractivity contribution >= 4 is 23.4 Å². The average Bonchev–Trinajstić information content (AvgIpc) is 2.37. The molecule has 1 aromatic heterocycles. The van der Waals surface area contributed by atoms with E-state index in [-0.39, 0.29) is 17.5 Å². The zero-order valence-corrected chi connectivity index (χ0v) is 10.6. The van der Waals surface area contributed by atoms with Crippen molar-refractivity contribution in [2.75, 3.05) is 11.5 Å². The van der Waals surface area contributed by atoms with E-state index in [1.807, 2.05) is 6.07 Å². The lowest BCUT2D eigenvalue weighted by Crippen LogP contribution is -1.99. The predicted molar refractivity (Wildman–Crippen MR) is 71.5 cm³/mol. The molecule has 2 aromatic rings. The highest BCUT2D eigenvalue weighted by Crippen LogP contribution is 2.23. The molecule has 0 fully saturated rings. The Morgan fingerprint density at radius 2 is 1.89 bits per heavy atom. The van der Waals surface area contributed by atoms with Crippen LogP contribution >= 0.6 is 11.8 Å². The fourth-order valence-electron chi connectivity index (χ4n) is 1.42. The van der Waals surface area contributed by atoms with Gasteiger partial charge in [0.1, 0.15) is 17.5 Å². The third-order valence-corrected chi connectivity index (χ3v) is 3.17. The SMILES string of the molecule is N#Cc1ccc(F)c(CSc2nc(N)cc(N)n2)c1. The second-order valence-electron chi connectivity index (χ2n) is 3.71. The minimum atomic E-state index is -0.372. The summed E-state index contributed by atoms with van der Waals surface area (Å²) in [6, 6.07) is 7.60. The predicted octanol–water partition coefficient (Wildman–Crippen LogP) is 1.94. The molecule has 0 aliphatic heterocycles. The zero-order valence-electron chi connectivity index (χ0n) is 9.80. The van der Waals surface area contributed by atoms with Crippen LogP contribution < -0.4 is 11.5 Å². The highest BCUT2D eigenvalue weighted by atomic mass is 32.2. The Kier molecular flexibility index (Phi) is 3.82. The number of nitrogens with two attached hydrogens (primary N) is 2. The van der Waals surface area contributed by atoms with Gasteiger partial charge in [-0.1, -0.05) is 11.8 Å². The van der Waals surface area contributed by atoms with Crippen LogP contribution in [0.1, 0.15) is 11.1 Å². The summed E-state index contributed by atoms with van der Waals surface area (Å²) >= 11 is 1.20. The van der Waals surface area contributed by atoms with Crippen molar-refractivity contribution < 1.29 is 4.39 Å². The first kappa shape index (κ1) is 13.1. The van der Waals surface area contributed by atoms with Gasteiger partial charge < -0.3 is 11.5 Å². The minimum absolute atomic E-state index is 0.265. The topological polar surface area (TPSA) is 102 Å². The molecule has 0 aliphatic carbocycles. The van der Waals surface area contributed by atoms with E-state index in [1.165, 1.54) is 36.0 Å². The molecule has 19 heavy (non-hydrogen) atoms. The molecular weight excluding hydrogens is 265 g/mol. The Balaban J connectivity index is 2.16. The summed E-state index contributed by atoms with van der Waals surface area (Å²) in [5.41, 5.74) is 11.9. The van der Waals surface area contributed by atoms with Crippen LogP contribution in [-0.2, 0) is 5.75 Å². The Bertz CT molecular complexity index is 633. The number of nitrogens with zero attached hydrogens (tertiary/aromatic N) is 3. The molecule has 96 valence electrons. The van der Waals surface area contributed by atoms with Gasteiger partial charge >= 0.3 is 0 Å². The normalized spacial score (nSPS) is 10.1. The quantitative estimate of drug-likeness (QED) is 0.655. The molecule has 0 saturated carbocycles. The van der Waals surface area contributed by atoms with E-state index in [2.05, 4.69) is 9.97 Å². The Hall–Kier alpha value is -2.33. The third kappa shape index (κ3) is 3.33. The molecule has 0 atom stereocenters. The largest absolute Gasteiger partial charge is 0.383 e. The second-order valence-corrected chi connectivity index (χ2v) is 4.65. The number of aromatic nitrogens is 2. The number of hydrogen-bond donors (Lipinski definition) is 2. The van der Waals surface area contributed by atoms with Crippen molar-refractivity contribution in [3.05, 3.63) is 41.2 Å². The van der Waals surface area contributed by atoms with Crippen molar-refractivity contribution in [3.63, 3.8) is 0 Å². The monoisotopic (exact) mass is 275 g/mol. The second kappa shape index (κ2) is 5.54. The summed E-state index contributed by atoms with van der Waals surface area (Å²) in [6.45, 7) is 0. The summed E-state index contributed by atoms with van der Waals surface area (Å²) < 4.78 is 13.6. The van der Waals surface area contributed by atoms with Gasteiger partial charge in [0.25, 0.3) is 0 Å². The van der Waals surface area contributed by atoms with Gasteiger partial charge in [-0.25, -0.2) is 14.4 Å². The maximum absolute atomic E-state index is 13.6. The smallest absolute Gasteiger partial charge is 0.191 e. The lowest BCUT2D eigenvalue weighted by molar-refractivity contribution is 0.617. The Labute approximate surface area is 113 Å². The van der Waals surface area contributed by atoms with Crippen LogP contribution in [0, 0.1) is 17.1 Å². The van der Waals surface area contributed by atoms with Crippen molar-refractivity contribution in [2.24, 2.45) is 0 Å². The van der Waals surface area contributed by atoms with Crippen LogP contribution in [0.5, 0.6) is 0 Å². The molecule has 7 heteroatoms. The van der Waals surface area contributed by atoms with Gasteiger partial charge in [-0.2, -0.15) is 5.26 Å². The molecule has 1 heterocycles. The van der Waals surface area contributed by atoms with Crippen LogP contribution in [0.3, 0.4) is 0 Å². The van der Waals surface area contributed by atoms with Crippen LogP contribution in [0.15, 0.2) is 29.4 Å². The van der Waals surface area contributed by atoms with E-state index >= 15 is 0 Å². The van der Waals surface area contributed by atoms with E-state index in [4.69, 9.17) is 16.7 Å². The highest BCUT2D eigenvalue weighted by Gasteiger charge is 2.07.